The van der Waals surface area contributed by atoms with Gasteiger partial charge in [0.25, 0.3) is 0 Å². The quantitative estimate of drug-likeness (QED) is 0.467. The van der Waals surface area contributed by atoms with Crippen molar-refractivity contribution < 1.29 is 36.9 Å². The molecule has 5 nitrogen and oxygen atoms in total. The number of carbonyl (C=O) groups excluding carboxylic acids is 1. The van der Waals surface area contributed by atoms with Crippen LogP contribution < -0.4 is 9.47 Å². The Morgan fingerprint density at radius 3 is 2.57 bits per heavy atom. The molecule has 0 radical (unpaired) electrons. The highest BCUT2D eigenvalue weighted by Gasteiger charge is 2.33. The average Bonchev–Trinajstić information content (AvgIpc) is 3.07. The van der Waals surface area contributed by atoms with E-state index in [1.54, 1.807) is 24.3 Å². The van der Waals surface area contributed by atoms with E-state index in [1.165, 1.54) is 12.3 Å². The summed E-state index contributed by atoms with van der Waals surface area (Å²) in [5, 5.41) is 8.60. The molecule has 2 aromatic carbocycles. The first-order chi connectivity index (χ1) is 13.3. The van der Waals surface area contributed by atoms with Gasteiger partial charge in [-0.25, -0.2) is 4.39 Å². The largest absolute Gasteiger partial charge is 0.573 e. The molecule has 148 valence electrons. The summed E-state index contributed by atoms with van der Waals surface area (Å²) in [6.45, 7) is -0.178. The number of carbonyl (C=O) groups is 1. The van der Waals surface area contributed by atoms with Gasteiger partial charge < -0.3 is 19.6 Å². The van der Waals surface area contributed by atoms with Crippen LogP contribution in [0.15, 0.2) is 42.6 Å². The highest BCUT2D eigenvalue weighted by molar-refractivity contribution is 6.09. The highest BCUT2D eigenvalue weighted by atomic mass is 19.4. The highest BCUT2D eigenvalue weighted by Crippen LogP contribution is 2.33. The van der Waals surface area contributed by atoms with Crippen LogP contribution in [0.3, 0.4) is 0 Å². The molecule has 9 heteroatoms. The minimum absolute atomic E-state index is 0.0328. The number of ether oxygens (including phenoxy) is 2. The summed E-state index contributed by atoms with van der Waals surface area (Å²) in [5.41, 5.74) is 0.565. The number of alkyl halides is 3. The van der Waals surface area contributed by atoms with Crippen molar-refractivity contribution in [3.05, 3.63) is 59.5 Å². The third-order valence-electron chi connectivity index (χ3n) is 3.95. The number of nitrogens with one attached hydrogen (secondary N) is 1. The summed E-state index contributed by atoms with van der Waals surface area (Å²) >= 11 is 0. The Kier molecular flexibility index (Phi) is 5.55. The first kappa shape index (κ1) is 19.7. The molecule has 0 aliphatic carbocycles. The molecular weight excluding hydrogens is 382 g/mol. The molecule has 0 fully saturated rings. The third kappa shape index (κ3) is 4.25. The van der Waals surface area contributed by atoms with Crippen LogP contribution in [-0.2, 0) is 6.42 Å². The lowest BCUT2D eigenvalue weighted by molar-refractivity contribution is -0.275. The van der Waals surface area contributed by atoms with Crippen LogP contribution in [0.4, 0.5) is 17.6 Å². The van der Waals surface area contributed by atoms with Gasteiger partial charge in [0.15, 0.2) is 17.3 Å². The molecular formula is C19H15F4NO4. The number of hydrogen-bond donors (Lipinski definition) is 2. The molecule has 28 heavy (non-hydrogen) atoms. The van der Waals surface area contributed by atoms with Gasteiger partial charge in [0.1, 0.15) is 12.4 Å². The van der Waals surface area contributed by atoms with Gasteiger partial charge in [0.05, 0.1) is 6.61 Å². The first-order valence-corrected chi connectivity index (χ1v) is 8.20. The van der Waals surface area contributed by atoms with Gasteiger partial charge in [-0.1, -0.05) is 18.2 Å². The van der Waals surface area contributed by atoms with Crippen molar-refractivity contribution in [2.75, 3.05) is 13.2 Å². The van der Waals surface area contributed by atoms with Crippen molar-refractivity contribution in [3.63, 3.8) is 0 Å². The van der Waals surface area contributed by atoms with E-state index in [2.05, 4.69) is 9.72 Å². The molecule has 3 aromatic rings. The minimum atomic E-state index is -5.06. The number of halogens is 4. The van der Waals surface area contributed by atoms with Gasteiger partial charge in [-0.05, 0) is 18.2 Å². The number of rotatable bonds is 7. The predicted octanol–water partition coefficient (Wildman–Crippen LogP) is 4.00. The zero-order valence-corrected chi connectivity index (χ0v) is 14.3. The molecule has 0 saturated heterocycles. The van der Waals surface area contributed by atoms with E-state index in [0.29, 0.717) is 11.3 Å². The Bertz CT molecular complexity index is 997. The number of H-pyrrole nitrogens is 1. The van der Waals surface area contributed by atoms with Crippen LogP contribution in [0, 0.1) is 5.82 Å². The Morgan fingerprint density at radius 2 is 1.86 bits per heavy atom. The molecule has 1 aromatic heterocycles. The molecule has 0 aliphatic heterocycles. The molecule has 0 unspecified atom stereocenters. The normalized spacial score (nSPS) is 11.6. The third-order valence-corrected chi connectivity index (χ3v) is 3.95. The molecule has 0 aliphatic rings. The fraction of sp³-hybridized carbons (Fsp3) is 0.211. The number of hydrogen-bond acceptors (Lipinski definition) is 4. The maximum Gasteiger partial charge on any atom is 0.573 e. The van der Waals surface area contributed by atoms with Gasteiger partial charge in [-0.2, -0.15) is 0 Å². The summed E-state index contributed by atoms with van der Waals surface area (Å²) in [5.74, 6) is -2.43. The van der Waals surface area contributed by atoms with Gasteiger partial charge >= 0.3 is 6.36 Å². The molecule has 0 spiro atoms. The van der Waals surface area contributed by atoms with Gasteiger partial charge in [-0.3, -0.25) is 4.79 Å². The van der Waals surface area contributed by atoms with Crippen molar-refractivity contribution in [2.45, 2.75) is 12.8 Å². The number of benzene rings is 2. The fourth-order valence-electron chi connectivity index (χ4n) is 2.80. The van der Waals surface area contributed by atoms with Crippen LogP contribution in [0.2, 0.25) is 0 Å². The van der Waals surface area contributed by atoms with Gasteiger partial charge in [-0.15, -0.1) is 13.2 Å². The average molecular weight is 397 g/mol. The number of aliphatic hydroxyl groups is 1. The predicted molar refractivity (Wildman–Crippen MR) is 92.0 cm³/mol. The van der Waals surface area contributed by atoms with Crippen molar-refractivity contribution >= 4 is 16.7 Å². The summed E-state index contributed by atoms with van der Waals surface area (Å²) < 4.78 is 61.0. The Labute approximate surface area is 156 Å². The number of para-hydroxylation sites is 1. The van der Waals surface area contributed by atoms with Crippen molar-refractivity contribution in [3.8, 4) is 11.5 Å². The van der Waals surface area contributed by atoms with Crippen molar-refractivity contribution in [1.29, 1.82) is 0 Å². The lowest BCUT2D eigenvalue weighted by atomic mass is 10.0. The maximum absolute atomic E-state index is 14.6. The number of aromatic nitrogens is 1. The van der Waals surface area contributed by atoms with Crippen LogP contribution in [0.5, 0.6) is 11.5 Å². The first-order valence-electron chi connectivity index (χ1n) is 8.20. The van der Waals surface area contributed by atoms with Gasteiger partial charge in [0.2, 0.25) is 0 Å². The lowest BCUT2D eigenvalue weighted by Gasteiger charge is -2.11. The Balaban J connectivity index is 1.94. The van der Waals surface area contributed by atoms with E-state index in [-0.39, 0.29) is 36.1 Å². The van der Waals surface area contributed by atoms with E-state index in [1.807, 2.05) is 0 Å². The Hall–Kier alpha value is -3.07. The number of ketones is 1. The van der Waals surface area contributed by atoms with Crippen molar-refractivity contribution in [1.82, 2.24) is 4.98 Å². The molecule has 0 bridgehead atoms. The molecule has 0 amide bonds. The standard InChI is InChI=1S/C19H15F4NO4/c20-18-16(28-19(21,22)23)6-5-13-17(18)12(10-24-13)14(26)9-11-3-1-2-4-15(11)27-8-7-25/h1-6,10,24-25H,7-9H2. The second-order valence-corrected chi connectivity index (χ2v) is 5.83. The van der Waals surface area contributed by atoms with E-state index in [9.17, 15) is 22.4 Å². The molecule has 1 heterocycles. The zero-order valence-electron chi connectivity index (χ0n) is 14.3. The van der Waals surface area contributed by atoms with Crippen molar-refractivity contribution in [2.24, 2.45) is 0 Å². The number of aliphatic hydroxyl groups excluding tert-OH is 1. The summed E-state index contributed by atoms with van der Waals surface area (Å²) in [6, 6.07) is 8.66. The number of fused-ring (bicyclic) bond motifs is 1. The second kappa shape index (κ2) is 7.89. The van der Waals surface area contributed by atoms with E-state index < -0.39 is 23.7 Å². The summed E-state index contributed by atoms with van der Waals surface area (Å²) in [6.07, 6.45) is -3.99. The second-order valence-electron chi connectivity index (χ2n) is 5.83. The molecule has 0 atom stereocenters. The van der Waals surface area contributed by atoms with E-state index in [4.69, 9.17) is 9.84 Å². The molecule has 0 saturated carbocycles. The molecule has 3 rings (SSSR count). The van der Waals surface area contributed by atoms with Gasteiger partial charge in [0, 0.05) is 34.6 Å². The van der Waals surface area contributed by atoms with E-state index in [0.717, 1.165) is 6.07 Å². The topological polar surface area (TPSA) is 71.5 Å². The fourth-order valence-corrected chi connectivity index (χ4v) is 2.80. The summed E-state index contributed by atoms with van der Waals surface area (Å²) in [4.78, 5) is 15.4. The maximum atomic E-state index is 14.6. The Morgan fingerprint density at radius 1 is 1.11 bits per heavy atom. The minimum Gasteiger partial charge on any atom is -0.491 e. The van der Waals surface area contributed by atoms with Crippen LogP contribution in [0.25, 0.3) is 10.9 Å². The number of aromatic amines is 1. The van der Waals surface area contributed by atoms with Crippen LogP contribution >= 0.6 is 0 Å². The van der Waals surface area contributed by atoms with E-state index >= 15 is 0 Å². The zero-order chi connectivity index (χ0) is 20.3. The monoisotopic (exact) mass is 397 g/mol. The van der Waals surface area contributed by atoms with Crippen LogP contribution in [-0.4, -0.2) is 35.4 Å². The lowest BCUT2D eigenvalue weighted by Crippen LogP contribution is -2.18. The smallest absolute Gasteiger partial charge is 0.491 e. The number of Topliss-reactive ketones (excluding diaryl/α,β-unsaturated/α-hetero) is 1. The summed E-state index contributed by atoms with van der Waals surface area (Å²) in [7, 11) is 0. The van der Waals surface area contributed by atoms with Crippen LogP contribution in [0.1, 0.15) is 15.9 Å². The SMILES string of the molecule is O=C(Cc1ccccc1OCCO)c1c[nH]c2ccc(OC(F)(F)F)c(F)c12. The molecule has 2 N–H and O–H groups in total.